The number of aryl methyl sites for hydroxylation is 2. The maximum absolute atomic E-state index is 12.7. The molecular weight excluding hydrogens is 410 g/mol. The average Bonchev–Trinajstić information content (AvgIpc) is 2.68. The quantitative estimate of drug-likeness (QED) is 0.217. The Labute approximate surface area is 176 Å². The van der Waals surface area contributed by atoms with Crippen molar-refractivity contribution >= 4 is 33.7 Å². The largest absolute Gasteiger partial charge is 0.493 e. The summed E-state index contributed by atoms with van der Waals surface area (Å²) in [5.41, 5.74) is 4.75. The molecular formula is C20H23N3O4S2. The monoisotopic (exact) mass is 433 g/mol. The molecule has 2 aromatic carbocycles. The Balaban J connectivity index is 2.19. The standard InChI is InChI=1S/C20H23N3O4S2/c1-5-10-21-20(28)23-22-13-16-8-9-17(18(12-16)26-4)27-29(24,25)19-11-14(2)6-7-15(19)3/h5-9,11-13H,1,10H2,2-4H3,(H2,21,23,28)/b22-13+. The van der Waals surface area contributed by atoms with Crippen molar-refractivity contribution in [2.75, 3.05) is 13.7 Å². The molecule has 0 bridgehead atoms. The molecule has 0 atom stereocenters. The highest BCUT2D eigenvalue weighted by molar-refractivity contribution is 7.87. The number of ether oxygens (including phenoxy) is 1. The van der Waals surface area contributed by atoms with Crippen molar-refractivity contribution < 1.29 is 17.3 Å². The van der Waals surface area contributed by atoms with Crippen molar-refractivity contribution in [3.05, 3.63) is 65.7 Å². The Morgan fingerprint density at radius 2 is 1.97 bits per heavy atom. The smallest absolute Gasteiger partial charge is 0.339 e. The first kappa shape index (κ1) is 22.4. The Morgan fingerprint density at radius 1 is 1.21 bits per heavy atom. The second-order valence-corrected chi connectivity index (χ2v) is 8.01. The highest BCUT2D eigenvalue weighted by Gasteiger charge is 2.21. The molecule has 2 rings (SSSR count). The summed E-state index contributed by atoms with van der Waals surface area (Å²) in [6.45, 7) is 7.64. The molecule has 2 aromatic rings. The van der Waals surface area contributed by atoms with Crippen molar-refractivity contribution in [1.82, 2.24) is 10.7 Å². The number of nitrogens with zero attached hydrogens (tertiary/aromatic N) is 1. The van der Waals surface area contributed by atoms with Crippen LogP contribution in [0.5, 0.6) is 11.5 Å². The van der Waals surface area contributed by atoms with Crippen LogP contribution in [0.1, 0.15) is 16.7 Å². The molecule has 0 aliphatic carbocycles. The molecule has 154 valence electrons. The third-order valence-electron chi connectivity index (χ3n) is 3.79. The minimum atomic E-state index is -4.01. The van der Waals surface area contributed by atoms with Crippen LogP contribution in [0.2, 0.25) is 0 Å². The predicted octanol–water partition coefficient (Wildman–Crippen LogP) is 3.06. The van der Waals surface area contributed by atoms with E-state index in [0.29, 0.717) is 22.8 Å². The maximum atomic E-state index is 12.7. The van der Waals surface area contributed by atoms with Crippen LogP contribution in [-0.2, 0) is 10.1 Å². The molecule has 0 spiro atoms. The summed E-state index contributed by atoms with van der Waals surface area (Å²) < 4.78 is 36.1. The van der Waals surface area contributed by atoms with Crippen LogP contribution in [0.15, 0.2) is 59.1 Å². The van der Waals surface area contributed by atoms with Crippen molar-refractivity contribution in [2.24, 2.45) is 5.10 Å². The second kappa shape index (κ2) is 10.0. The van der Waals surface area contributed by atoms with E-state index < -0.39 is 10.1 Å². The lowest BCUT2D eigenvalue weighted by atomic mass is 10.2. The maximum Gasteiger partial charge on any atom is 0.339 e. The highest BCUT2D eigenvalue weighted by atomic mass is 32.2. The minimum Gasteiger partial charge on any atom is -0.493 e. The number of nitrogens with one attached hydrogen (secondary N) is 2. The Hall–Kier alpha value is -2.91. The molecule has 2 N–H and O–H groups in total. The fourth-order valence-electron chi connectivity index (χ4n) is 2.34. The molecule has 7 nitrogen and oxygen atoms in total. The average molecular weight is 434 g/mol. The zero-order valence-corrected chi connectivity index (χ0v) is 18.1. The van der Waals surface area contributed by atoms with Gasteiger partial charge in [0.1, 0.15) is 4.90 Å². The van der Waals surface area contributed by atoms with Crippen molar-refractivity contribution in [1.29, 1.82) is 0 Å². The molecule has 0 aliphatic heterocycles. The van der Waals surface area contributed by atoms with Gasteiger partial charge in [-0.2, -0.15) is 13.5 Å². The second-order valence-electron chi connectivity index (χ2n) is 6.09. The molecule has 0 saturated carbocycles. The van der Waals surface area contributed by atoms with Crippen LogP contribution in [0.4, 0.5) is 0 Å². The van der Waals surface area contributed by atoms with Crippen molar-refractivity contribution in [3.8, 4) is 11.5 Å². The molecule has 0 aromatic heterocycles. The third-order valence-corrected chi connectivity index (χ3v) is 5.40. The lowest BCUT2D eigenvalue weighted by Gasteiger charge is -2.13. The fraction of sp³-hybridized carbons (Fsp3) is 0.200. The predicted molar refractivity (Wildman–Crippen MR) is 118 cm³/mol. The van der Waals surface area contributed by atoms with Gasteiger partial charge in [0.05, 0.1) is 13.3 Å². The summed E-state index contributed by atoms with van der Waals surface area (Å²) in [7, 11) is -2.58. The normalized spacial score (nSPS) is 11.1. The van der Waals surface area contributed by atoms with Gasteiger partial charge in [-0.3, -0.25) is 5.43 Å². The number of benzene rings is 2. The van der Waals surface area contributed by atoms with Gasteiger partial charge >= 0.3 is 10.1 Å². The number of hydrogen-bond acceptors (Lipinski definition) is 6. The lowest BCUT2D eigenvalue weighted by molar-refractivity contribution is 0.390. The first-order chi connectivity index (χ1) is 13.8. The van der Waals surface area contributed by atoms with E-state index in [1.54, 1.807) is 37.3 Å². The summed E-state index contributed by atoms with van der Waals surface area (Å²) in [4.78, 5) is 0.120. The molecule has 0 aliphatic rings. The van der Waals surface area contributed by atoms with E-state index in [9.17, 15) is 8.42 Å². The van der Waals surface area contributed by atoms with E-state index in [2.05, 4.69) is 22.4 Å². The summed E-state index contributed by atoms with van der Waals surface area (Å²) in [5.74, 6) is 0.344. The summed E-state index contributed by atoms with van der Waals surface area (Å²) in [6, 6.07) is 9.94. The van der Waals surface area contributed by atoms with Gasteiger partial charge in [0.25, 0.3) is 0 Å². The summed E-state index contributed by atoms with van der Waals surface area (Å²) in [6.07, 6.45) is 3.20. The first-order valence-electron chi connectivity index (χ1n) is 8.64. The van der Waals surface area contributed by atoms with Gasteiger partial charge in [-0.05, 0) is 67.0 Å². The third kappa shape index (κ3) is 6.30. The number of rotatable bonds is 8. The van der Waals surface area contributed by atoms with Crippen LogP contribution >= 0.6 is 12.2 Å². The lowest BCUT2D eigenvalue weighted by Crippen LogP contribution is -2.31. The zero-order chi connectivity index (χ0) is 21.4. The van der Waals surface area contributed by atoms with Crippen LogP contribution < -0.4 is 19.7 Å². The summed E-state index contributed by atoms with van der Waals surface area (Å²) >= 11 is 5.03. The molecule has 29 heavy (non-hydrogen) atoms. The van der Waals surface area contributed by atoms with Gasteiger partial charge in [0.15, 0.2) is 16.6 Å². The van der Waals surface area contributed by atoms with Crippen molar-refractivity contribution in [3.63, 3.8) is 0 Å². The van der Waals surface area contributed by atoms with E-state index in [4.69, 9.17) is 21.1 Å². The molecule has 9 heteroatoms. The first-order valence-corrected chi connectivity index (χ1v) is 10.5. The van der Waals surface area contributed by atoms with Gasteiger partial charge in [-0.15, -0.1) is 6.58 Å². The Morgan fingerprint density at radius 3 is 2.66 bits per heavy atom. The number of methoxy groups -OCH3 is 1. The van der Waals surface area contributed by atoms with Gasteiger partial charge in [-0.1, -0.05) is 18.2 Å². The van der Waals surface area contributed by atoms with Gasteiger partial charge in [0.2, 0.25) is 0 Å². The van der Waals surface area contributed by atoms with E-state index in [0.717, 1.165) is 5.56 Å². The number of hydrogen-bond donors (Lipinski definition) is 2. The SMILES string of the molecule is C=CCNC(=S)N/N=C/c1ccc(OS(=O)(=O)c2cc(C)ccc2C)c(OC)c1. The van der Waals surface area contributed by atoms with E-state index in [1.807, 2.05) is 13.0 Å². The van der Waals surface area contributed by atoms with Crippen molar-refractivity contribution in [2.45, 2.75) is 18.7 Å². The Kier molecular flexibility index (Phi) is 7.74. The molecule has 0 radical (unpaired) electrons. The summed E-state index contributed by atoms with van der Waals surface area (Å²) in [5, 5.41) is 7.25. The minimum absolute atomic E-state index is 0.0849. The zero-order valence-electron chi connectivity index (χ0n) is 16.4. The van der Waals surface area contributed by atoms with Crippen LogP contribution in [0.25, 0.3) is 0 Å². The highest BCUT2D eigenvalue weighted by Crippen LogP contribution is 2.31. The van der Waals surface area contributed by atoms with Crippen LogP contribution in [-0.4, -0.2) is 33.4 Å². The van der Waals surface area contributed by atoms with E-state index in [1.165, 1.54) is 19.4 Å². The number of hydrazone groups is 1. The van der Waals surface area contributed by atoms with Gasteiger partial charge in [0, 0.05) is 6.54 Å². The Bertz CT molecular complexity index is 1030. The van der Waals surface area contributed by atoms with Gasteiger partial charge in [-0.25, -0.2) is 0 Å². The molecule has 0 heterocycles. The molecule has 0 unspecified atom stereocenters. The van der Waals surface area contributed by atoms with Crippen LogP contribution in [0.3, 0.4) is 0 Å². The fourth-order valence-corrected chi connectivity index (χ4v) is 3.74. The topological polar surface area (TPSA) is 89.0 Å². The van der Waals surface area contributed by atoms with Gasteiger partial charge < -0.3 is 14.2 Å². The van der Waals surface area contributed by atoms with Crippen LogP contribution in [0, 0.1) is 13.8 Å². The number of thiocarbonyl (C=S) groups is 1. The molecule has 0 fully saturated rings. The van der Waals surface area contributed by atoms with E-state index in [-0.39, 0.29) is 16.4 Å². The van der Waals surface area contributed by atoms with E-state index >= 15 is 0 Å². The molecule has 0 amide bonds. The molecule has 0 saturated heterocycles.